The second-order valence-electron chi connectivity index (χ2n) is 6.67. The van der Waals surface area contributed by atoms with Crippen molar-refractivity contribution in [2.75, 3.05) is 19.8 Å². The minimum Gasteiger partial charge on any atom is -0.490 e. The third-order valence-electron chi connectivity index (χ3n) is 5.00. The smallest absolute Gasteiger partial charge is 0.251 e. The van der Waals surface area contributed by atoms with Gasteiger partial charge in [0.25, 0.3) is 5.91 Å². The molecular weight excluding hydrogens is 346 g/mol. The number of rotatable bonds is 8. The summed E-state index contributed by atoms with van der Waals surface area (Å²) in [7, 11) is 0. The third-order valence-corrected chi connectivity index (χ3v) is 6.11. The molecule has 0 bridgehead atoms. The summed E-state index contributed by atoms with van der Waals surface area (Å²) >= 11 is 1.80. The topological polar surface area (TPSA) is 47.6 Å². The van der Waals surface area contributed by atoms with Crippen molar-refractivity contribution < 1.29 is 14.3 Å². The highest BCUT2D eigenvalue weighted by Crippen LogP contribution is 2.42. The fourth-order valence-corrected chi connectivity index (χ4v) is 4.67. The number of carbonyl (C=O) groups is 1. The molecule has 26 heavy (non-hydrogen) atoms. The maximum absolute atomic E-state index is 12.7. The predicted octanol–water partition coefficient (Wildman–Crippen LogP) is 4.79. The van der Waals surface area contributed by atoms with Crippen LogP contribution >= 0.6 is 11.3 Å². The van der Waals surface area contributed by atoms with E-state index < -0.39 is 0 Å². The lowest BCUT2D eigenvalue weighted by Gasteiger charge is -2.28. The highest BCUT2D eigenvalue weighted by Gasteiger charge is 2.36. The SMILES string of the molecule is CCOc1ccc(C(=O)NCC2(c3cccs3)CCCC2)cc1OCC. The van der Waals surface area contributed by atoms with Crippen molar-refractivity contribution in [3.8, 4) is 11.5 Å². The number of amides is 1. The summed E-state index contributed by atoms with van der Waals surface area (Å²) in [6, 6.07) is 9.69. The van der Waals surface area contributed by atoms with E-state index in [2.05, 4.69) is 22.8 Å². The molecule has 0 saturated heterocycles. The van der Waals surface area contributed by atoms with Crippen molar-refractivity contribution in [2.45, 2.75) is 44.9 Å². The van der Waals surface area contributed by atoms with Gasteiger partial charge in [0.05, 0.1) is 13.2 Å². The molecule has 0 radical (unpaired) electrons. The van der Waals surface area contributed by atoms with E-state index in [0.717, 1.165) is 12.8 Å². The quantitative estimate of drug-likeness (QED) is 0.724. The number of carbonyl (C=O) groups excluding carboxylic acids is 1. The van der Waals surface area contributed by atoms with Crippen molar-refractivity contribution in [3.63, 3.8) is 0 Å². The Morgan fingerprint density at radius 1 is 1.12 bits per heavy atom. The number of hydrogen-bond donors (Lipinski definition) is 1. The zero-order valence-electron chi connectivity index (χ0n) is 15.5. The molecule has 140 valence electrons. The fraction of sp³-hybridized carbons (Fsp3) is 0.476. The maximum atomic E-state index is 12.7. The molecule has 1 aromatic heterocycles. The van der Waals surface area contributed by atoms with Gasteiger partial charge in [0.2, 0.25) is 0 Å². The number of benzene rings is 1. The standard InChI is InChI=1S/C21H27NO3S/c1-3-24-17-10-9-16(14-18(17)25-4-2)20(23)22-15-21(11-5-6-12-21)19-8-7-13-26-19/h7-10,13-14H,3-6,11-12,15H2,1-2H3,(H,22,23). The first kappa shape index (κ1) is 18.8. The molecule has 5 heteroatoms. The molecule has 0 aliphatic heterocycles. The van der Waals surface area contributed by atoms with Crippen LogP contribution < -0.4 is 14.8 Å². The molecule has 1 aliphatic carbocycles. The Hall–Kier alpha value is -2.01. The van der Waals surface area contributed by atoms with Gasteiger partial charge in [-0.3, -0.25) is 4.79 Å². The van der Waals surface area contributed by atoms with Crippen LogP contribution in [0.4, 0.5) is 0 Å². The van der Waals surface area contributed by atoms with Crippen molar-refractivity contribution in [1.29, 1.82) is 0 Å². The highest BCUT2D eigenvalue weighted by atomic mass is 32.1. The van der Waals surface area contributed by atoms with Gasteiger partial charge in [-0.2, -0.15) is 0 Å². The summed E-state index contributed by atoms with van der Waals surface area (Å²) in [5.41, 5.74) is 0.703. The first-order valence-electron chi connectivity index (χ1n) is 9.40. The van der Waals surface area contributed by atoms with Crippen LogP contribution in [0, 0.1) is 0 Å². The number of nitrogens with one attached hydrogen (secondary N) is 1. The van der Waals surface area contributed by atoms with Crippen LogP contribution in [-0.4, -0.2) is 25.7 Å². The zero-order chi connectivity index (χ0) is 18.4. The molecule has 1 aliphatic rings. The van der Waals surface area contributed by atoms with Gasteiger partial charge in [0.15, 0.2) is 11.5 Å². The zero-order valence-corrected chi connectivity index (χ0v) is 16.4. The van der Waals surface area contributed by atoms with Crippen molar-refractivity contribution in [1.82, 2.24) is 5.32 Å². The van der Waals surface area contributed by atoms with E-state index in [1.165, 1.54) is 17.7 Å². The van der Waals surface area contributed by atoms with Crippen LogP contribution in [-0.2, 0) is 5.41 Å². The fourth-order valence-electron chi connectivity index (χ4n) is 3.69. The summed E-state index contributed by atoms with van der Waals surface area (Å²) in [4.78, 5) is 14.1. The summed E-state index contributed by atoms with van der Waals surface area (Å²) in [6.07, 6.45) is 4.74. The van der Waals surface area contributed by atoms with Crippen LogP contribution in [0.1, 0.15) is 54.8 Å². The summed E-state index contributed by atoms with van der Waals surface area (Å²) < 4.78 is 11.2. The second kappa shape index (κ2) is 8.58. The number of ether oxygens (including phenoxy) is 2. The van der Waals surface area contributed by atoms with Crippen molar-refractivity contribution >= 4 is 17.2 Å². The monoisotopic (exact) mass is 373 g/mol. The average molecular weight is 374 g/mol. The predicted molar refractivity (Wildman–Crippen MR) is 106 cm³/mol. The minimum atomic E-state index is -0.0585. The molecule has 0 unspecified atom stereocenters. The normalized spacial score (nSPS) is 15.6. The first-order valence-corrected chi connectivity index (χ1v) is 10.3. The maximum Gasteiger partial charge on any atom is 0.251 e. The lowest BCUT2D eigenvalue weighted by molar-refractivity contribution is 0.0943. The van der Waals surface area contributed by atoms with Gasteiger partial charge in [0.1, 0.15) is 0 Å². The summed E-state index contributed by atoms with van der Waals surface area (Å²) in [6.45, 7) is 5.64. The van der Waals surface area contributed by atoms with E-state index in [0.29, 0.717) is 36.8 Å². The van der Waals surface area contributed by atoms with Crippen LogP contribution in [0.3, 0.4) is 0 Å². The lowest BCUT2D eigenvalue weighted by Crippen LogP contribution is -2.38. The molecule has 4 nitrogen and oxygen atoms in total. The van der Waals surface area contributed by atoms with Gasteiger partial charge in [-0.1, -0.05) is 18.9 Å². The Kier molecular flexibility index (Phi) is 6.20. The lowest BCUT2D eigenvalue weighted by atomic mass is 9.84. The molecule has 2 aromatic rings. The summed E-state index contributed by atoms with van der Waals surface area (Å²) in [5, 5.41) is 5.29. The molecular formula is C21H27NO3S. The van der Waals surface area contributed by atoms with Crippen LogP contribution in [0.2, 0.25) is 0 Å². The Morgan fingerprint density at radius 2 is 1.85 bits per heavy atom. The number of thiophene rings is 1. The molecule has 0 spiro atoms. The first-order chi connectivity index (χ1) is 12.7. The second-order valence-corrected chi connectivity index (χ2v) is 7.62. The van der Waals surface area contributed by atoms with E-state index in [4.69, 9.17) is 9.47 Å². The molecule has 1 N–H and O–H groups in total. The Bertz CT molecular complexity index is 721. The Balaban J connectivity index is 1.72. The van der Waals surface area contributed by atoms with Crippen LogP contribution in [0.25, 0.3) is 0 Å². The molecule has 1 aromatic carbocycles. The van der Waals surface area contributed by atoms with Crippen LogP contribution in [0.15, 0.2) is 35.7 Å². The van der Waals surface area contributed by atoms with E-state index >= 15 is 0 Å². The van der Waals surface area contributed by atoms with Crippen molar-refractivity contribution in [2.24, 2.45) is 0 Å². The average Bonchev–Trinajstić information content (AvgIpc) is 3.34. The van der Waals surface area contributed by atoms with Gasteiger partial charge < -0.3 is 14.8 Å². The minimum absolute atomic E-state index is 0.0585. The molecule has 1 fully saturated rings. The Labute approximate surface area is 159 Å². The van der Waals surface area contributed by atoms with E-state index in [1.54, 1.807) is 23.5 Å². The van der Waals surface area contributed by atoms with E-state index in [1.807, 2.05) is 19.9 Å². The Morgan fingerprint density at radius 3 is 2.50 bits per heavy atom. The van der Waals surface area contributed by atoms with Crippen molar-refractivity contribution in [3.05, 3.63) is 46.2 Å². The van der Waals surface area contributed by atoms with E-state index in [9.17, 15) is 4.79 Å². The summed E-state index contributed by atoms with van der Waals surface area (Å²) in [5.74, 6) is 1.24. The van der Waals surface area contributed by atoms with Gasteiger partial charge in [-0.05, 0) is 56.3 Å². The highest BCUT2D eigenvalue weighted by molar-refractivity contribution is 7.10. The largest absolute Gasteiger partial charge is 0.490 e. The molecule has 1 amide bonds. The molecule has 1 saturated carbocycles. The van der Waals surface area contributed by atoms with Gasteiger partial charge in [-0.15, -0.1) is 11.3 Å². The molecule has 3 rings (SSSR count). The van der Waals surface area contributed by atoms with Gasteiger partial charge >= 0.3 is 0 Å². The molecule has 0 atom stereocenters. The van der Waals surface area contributed by atoms with Gasteiger partial charge in [0, 0.05) is 22.4 Å². The van der Waals surface area contributed by atoms with E-state index in [-0.39, 0.29) is 11.3 Å². The van der Waals surface area contributed by atoms with Gasteiger partial charge in [-0.25, -0.2) is 0 Å². The van der Waals surface area contributed by atoms with Crippen LogP contribution in [0.5, 0.6) is 11.5 Å². The molecule has 1 heterocycles. The third kappa shape index (κ3) is 4.04. The number of hydrogen-bond acceptors (Lipinski definition) is 4.